The van der Waals surface area contributed by atoms with Crippen LogP contribution in [0.15, 0.2) is 23.9 Å². The number of hydrogen-bond acceptors (Lipinski definition) is 4. The van der Waals surface area contributed by atoms with Crippen LogP contribution in [0.2, 0.25) is 0 Å². The van der Waals surface area contributed by atoms with Crippen LogP contribution in [0.25, 0.3) is 5.82 Å². The van der Waals surface area contributed by atoms with E-state index in [0.717, 1.165) is 24.5 Å². The zero-order valence-electron chi connectivity index (χ0n) is 12.6. The van der Waals surface area contributed by atoms with Crippen molar-refractivity contribution in [3.8, 4) is 5.82 Å². The van der Waals surface area contributed by atoms with Crippen LogP contribution < -0.4 is 5.73 Å². The molecule has 2 N–H and O–H groups in total. The van der Waals surface area contributed by atoms with E-state index < -0.39 is 5.91 Å². The van der Waals surface area contributed by atoms with Crippen molar-refractivity contribution in [2.24, 2.45) is 12.8 Å². The molecule has 0 fully saturated rings. The molecule has 0 aliphatic rings. The molecule has 0 bridgehead atoms. The van der Waals surface area contributed by atoms with Crippen LogP contribution in [0.3, 0.4) is 0 Å². The van der Waals surface area contributed by atoms with Crippen molar-refractivity contribution in [1.82, 2.24) is 24.5 Å². The van der Waals surface area contributed by atoms with Crippen molar-refractivity contribution < 1.29 is 4.79 Å². The third kappa shape index (κ3) is 3.77. The van der Waals surface area contributed by atoms with Crippen molar-refractivity contribution in [2.75, 3.05) is 0 Å². The molecule has 0 spiro atoms. The fourth-order valence-electron chi connectivity index (χ4n) is 2.03. The van der Waals surface area contributed by atoms with E-state index in [4.69, 9.17) is 5.73 Å². The van der Waals surface area contributed by atoms with E-state index in [2.05, 4.69) is 35.1 Å². The van der Waals surface area contributed by atoms with E-state index in [1.807, 2.05) is 13.1 Å². The Morgan fingerprint density at radius 2 is 2.19 bits per heavy atom. The lowest BCUT2D eigenvalue weighted by Gasteiger charge is -2.04. The van der Waals surface area contributed by atoms with Gasteiger partial charge >= 0.3 is 0 Å². The van der Waals surface area contributed by atoms with Gasteiger partial charge in [0.25, 0.3) is 0 Å². The summed E-state index contributed by atoms with van der Waals surface area (Å²) in [6.45, 7) is 4.12. The molecule has 7 nitrogen and oxygen atoms in total. The summed E-state index contributed by atoms with van der Waals surface area (Å²) in [7, 11) is 1.84. The minimum Gasteiger partial charge on any atom is -0.369 e. The normalized spacial score (nSPS) is 10.6. The molecule has 7 heteroatoms. The number of nitrogens with two attached hydrogens (primary N) is 1. The first-order valence-electron chi connectivity index (χ1n) is 6.82. The van der Waals surface area contributed by atoms with E-state index in [1.54, 1.807) is 15.6 Å². The van der Waals surface area contributed by atoms with Crippen molar-refractivity contribution in [3.63, 3.8) is 0 Å². The molecular formula is C14H20N6O. The number of rotatable bonds is 6. The number of aryl methyl sites for hydroxylation is 2. The fraction of sp³-hybridized carbons (Fsp3) is 0.429. The first-order chi connectivity index (χ1) is 9.97. The van der Waals surface area contributed by atoms with Gasteiger partial charge in [0.15, 0.2) is 11.6 Å². The molecule has 2 aromatic heterocycles. The van der Waals surface area contributed by atoms with Crippen molar-refractivity contribution in [2.45, 2.75) is 33.1 Å². The van der Waals surface area contributed by atoms with Gasteiger partial charge in [0, 0.05) is 19.5 Å². The number of carbonyl (C=O) groups is 1. The number of aromatic nitrogens is 5. The molecule has 0 atom stereocenters. The van der Waals surface area contributed by atoms with Gasteiger partial charge in [0.2, 0.25) is 5.91 Å². The number of primary amides is 1. The van der Waals surface area contributed by atoms with E-state index in [0.29, 0.717) is 5.82 Å². The van der Waals surface area contributed by atoms with Crippen molar-refractivity contribution >= 4 is 5.91 Å². The molecule has 0 aliphatic heterocycles. The highest BCUT2D eigenvalue weighted by Gasteiger charge is 2.14. The van der Waals surface area contributed by atoms with E-state index >= 15 is 0 Å². The van der Waals surface area contributed by atoms with Crippen LogP contribution in [0.4, 0.5) is 0 Å². The first-order valence-corrected chi connectivity index (χ1v) is 6.82. The number of allylic oxidation sites excluding steroid dienone is 2. The van der Waals surface area contributed by atoms with Gasteiger partial charge in [0.1, 0.15) is 5.82 Å². The molecule has 0 saturated carbocycles. The maximum atomic E-state index is 11.1. The monoisotopic (exact) mass is 288 g/mol. The summed E-state index contributed by atoms with van der Waals surface area (Å²) in [6.07, 6.45) is 5.50. The van der Waals surface area contributed by atoms with Crippen molar-refractivity contribution in [3.05, 3.63) is 35.6 Å². The van der Waals surface area contributed by atoms with Gasteiger partial charge in [-0.15, -0.1) is 5.10 Å². The summed E-state index contributed by atoms with van der Waals surface area (Å²) < 4.78 is 3.44. The Morgan fingerprint density at radius 3 is 2.76 bits per heavy atom. The molecule has 1 amide bonds. The van der Waals surface area contributed by atoms with Crippen LogP contribution in [0, 0.1) is 0 Å². The Morgan fingerprint density at radius 1 is 1.43 bits per heavy atom. The predicted molar refractivity (Wildman–Crippen MR) is 78.8 cm³/mol. The van der Waals surface area contributed by atoms with Gasteiger partial charge in [-0.25, -0.2) is 4.98 Å². The molecule has 2 rings (SSSR count). The molecule has 112 valence electrons. The highest BCUT2D eigenvalue weighted by Crippen LogP contribution is 2.11. The van der Waals surface area contributed by atoms with Gasteiger partial charge in [-0.3, -0.25) is 9.48 Å². The third-order valence-corrected chi connectivity index (χ3v) is 2.98. The van der Waals surface area contributed by atoms with E-state index in [1.165, 1.54) is 5.57 Å². The Bertz CT molecular complexity index is 663. The lowest BCUT2D eigenvalue weighted by molar-refractivity contribution is -0.117. The van der Waals surface area contributed by atoms with Gasteiger partial charge < -0.3 is 5.73 Å². The number of amides is 1. The Labute approximate surface area is 123 Å². The third-order valence-electron chi connectivity index (χ3n) is 2.98. The summed E-state index contributed by atoms with van der Waals surface area (Å²) >= 11 is 0. The Hall–Kier alpha value is -2.44. The smallest absolute Gasteiger partial charge is 0.225 e. The summed E-state index contributed by atoms with van der Waals surface area (Å²) in [4.78, 5) is 15.5. The average Bonchev–Trinajstić information content (AvgIpc) is 2.94. The second kappa shape index (κ2) is 6.34. The maximum absolute atomic E-state index is 11.1. The van der Waals surface area contributed by atoms with Crippen LogP contribution in [-0.2, 0) is 24.7 Å². The minimum absolute atomic E-state index is 0.0422. The SMILES string of the molecule is CC(C)=CCCc1nc(CC(N)=O)nn1-c1ccnn1C. The standard InChI is InChI=1S/C14H20N6O/c1-10(2)5-4-6-13-17-12(9-11(15)21)18-20(13)14-7-8-16-19(14)3/h5,7-8H,4,6,9H2,1-3H3,(H2,15,21). The quantitative estimate of drug-likeness (QED) is 0.800. The average molecular weight is 288 g/mol. The highest BCUT2D eigenvalue weighted by molar-refractivity contribution is 5.75. The molecule has 0 aliphatic carbocycles. The lowest BCUT2D eigenvalue weighted by atomic mass is 10.2. The van der Waals surface area contributed by atoms with Gasteiger partial charge in [0.05, 0.1) is 12.6 Å². The molecule has 0 aromatic carbocycles. The van der Waals surface area contributed by atoms with Crippen LogP contribution in [0.1, 0.15) is 31.9 Å². The summed E-state index contributed by atoms with van der Waals surface area (Å²) in [6, 6.07) is 1.85. The number of hydrogen-bond donors (Lipinski definition) is 1. The van der Waals surface area contributed by atoms with Gasteiger partial charge in [-0.05, 0) is 20.3 Å². The van der Waals surface area contributed by atoms with Crippen LogP contribution in [0.5, 0.6) is 0 Å². The van der Waals surface area contributed by atoms with E-state index in [9.17, 15) is 4.79 Å². The zero-order chi connectivity index (χ0) is 15.4. The first kappa shape index (κ1) is 15.0. The Balaban J connectivity index is 2.32. The molecule has 0 unspecified atom stereocenters. The summed E-state index contributed by atoms with van der Waals surface area (Å²) in [5, 5.41) is 8.51. The molecule has 0 radical (unpaired) electrons. The van der Waals surface area contributed by atoms with E-state index in [-0.39, 0.29) is 6.42 Å². The molecule has 2 aromatic rings. The van der Waals surface area contributed by atoms with Gasteiger partial charge in [-0.1, -0.05) is 11.6 Å². The maximum Gasteiger partial charge on any atom is 0.225 e. The van der Waals surface area contributed by atoms with Gasteiger partial charge in [-0.2, -0.15) is 9.78 Å². The Kier molecular flexibility index (Phi) is 4.52. The summed E-state index contributed by atoms with van der Waals surface area (Å²) in [5.41, 5.74) is 6.48. The molecule has 2 heterocycles. The van der Waals surface area contributed by atoms with Crippen LogP contribution >= 0.6 is 0 Å². The second-order valence-electron chi connectivity index (χ2n) is 5.13. The molecule has 21 heavy (non-hydrogen) atoms. The number of nitrogens with zero attached hydrogens (tertiary/aromatic N) is 5. The molecular weight excluding hydrogens is 268 g/mol. The second-order valence-corrected chi connectivity index (χ2v) is 5.13. The molecule has 0 saturated heterocycles. The summed E-state index contributed by atoms with van der Waals surface area (Å²) in [5.74, 6) is 1.61. The fourth-order valence-corrected chi connectivity index (χ4v) is 2.03. The largest absolute Gasteiger partial charge is 0.369 e. The highest BCUT2D eigenvalue weighted by atomic mass is 16.1. The van der Waals surface area contributed by atoms with Crippen LogP contribution in [-0.4, -0.2) is 30.5 Å². The topological polar surface area (TPSA) is 91.6 Å². The number of carbonyl (C=O) groups excluding carboxylic acids is 1. The van der Waals surface area contributed by atoms with Crippen molar-refractivity contribution in [1.29, 1.82) is 0 Å². The lowest BCUT2D eigenvalue weighted by Crippen LogP contribution is -2.15. The predicted octanol–water partition coefficient (Wildman–Crippen LogP) is 0.927. The zero-order valence-corrected chi connectivity index (χ0v) is 12.6. The minimum atomic E-state index is -0.437.